The molecule has 0 aliphatic heterocycles. The molecule has 1 nitrogen and oxygen atoms in total. The highest BCUT2D eigenvalue weighted by Gasteiger charge is 2.82. The van der Waals surface area contributed by atoms with Crippen molar-refractivity contribution in [3.8, 4) is 0 Å². The third-order valence-corrected chi connectivity index (χ3v) is 2.39. The van der Waals surface area contributed by atoms with E-state index in [0.29, 0.717) is 0 Å². The van der Waals surface area contributed by atoms with Crippen LogP contribution in [0.3, 0.4) is 0 Å². The molecule has 0 heterocycles. The van der Waals surface area contributed by atoms with E-state index in [2.05, 4.69) is 13.8 Å². The van der Waals surface area contributed by atoms with Crippen LogP contribution in [0.2, 0.25) is 0 Å². The molecular weight excluding hydrogens is 350 g/mol. The van der Waals surface area contributed by atoms with E-state index in [4.69, 9.17) is 4.74 Å². The lowest BCUT2D eigenvalue weighted by atomic mass is 10.1. The highest BCUT2D eigenvalue weighted by molar-refractivity contribution is 4.95. The Kier molecular flexibility index (Phi) is 10.2. The smallest absolute Gasteiger partial charge is 0.381 e. The molecule has 0 aliphatic rings. The van der Waals surface area contributed by atoms with E-state index in [0.717, 1.165) is 13.2 Å². The van der Waals surface area contributed by atoms with Gasteiger partial charge in [-0.3, -0.25) is 0 Å². The van der Waals surface area contributed by atoms with Gasteiger partial charge in [-0.2, -0.15) is 43.9 Å². The van der Waals surface area contributed by atoms with Crippen molar-refractivity contribution >= 4 is 0 Å². The van der Waals surface area contributed by atoms with Crippen LogP contribution in [0.25, 0.3) is 0 Å². The number of hydrogen-bond donors (Lipinski definition) is 0. The Balaban J connectivity index is 0. The van der Waals surface area contributed by atoms with Gasteiger partial charge in [0.15, 0.2) is 0 Å². The largest absolute Gasteiger partial charge is 0.460 e. The van der Waals surface area contributed by atoms with Crippen molar-refractivity contribution in [3.63, 3.8) is 0 Å². The molecule has 0 saturated carbocycles. The molecule has 0 aromatic carbocycles. The van der Waals surface area contributed by atoms with Crippen LogP contribution in [0.4, 0.5) is 43.9 Å². The summed E-state index contributed by atoms with van der Waals surface area (Å²) in [6, 6.07) is 0. The summed E-state index contributed by atoms with van der Waals surface area (Å²) >= 11 is 0. The van der Waals surface area contributed by atoms with E-state index >= 15 is 0 Å². The maximum absolute atomic E-state index is 11.6. The lowest BCUT2D eigenvalue weighted by molar-refractivity contribution is -0.419. The normalized spacial score (nSPS) is 13.6. The summed E-state index contributed by atoms with van der Waals surface area (Å²) in [7, 11) is 0. The molecule has 0 rings (SSSR count). The van der Waals surface area contributed by atoms with E-state index in [1.165, 1.54) is 25.7 Å². The van der Waals surface area contributed by atoms with Crippen LogP contribution in [-0.2, 0) is 4.74 Å². The second kappa shape index (κ2) is 9.53. The molecule has 0 radical (unpaired) electrons. The van der Waals surface area contributed by atoms with Crippen molar-refractivity contribution in [2.24, 2.45) is 0 Å². The Bertz CT molecular complexity index is 278. The molecule has 0 bridgehead atoms. The molecule has 0 N–H and O–H groups in total. The minimum atomic E-state index is -7.14. The van der Waals surface area contributed by atoms with Gasteiger partial charge in [0.25, 0.3) is 0 Å². The summed E-state index contributed by atoms with van der Waals surface area (Å²) in [5, 5.41) is 0. The van der Waals surface area contributed by atoms with Gasteiger partial charge in [-0.15, -0.1) is 0 Å². The van der Waals surface area contributed by atoms with Crippen LogP contribution in [0.5, 0.6) is 0 Å². The lowest BCUT2D eigenvalue weighted by Crippen LogP contribution is -2.59. The number of hydrogen-bond acceptors (Lipinski definition) is 1. The van der Waals surface area contributed by atoms with Crippen LogP contribution < -0.4 is 0 Å². The standard InChI is InChI=1S/C8H18O.C4F10/c1-3-5-7-9-8-6-4-2;5-1(6,3(9,10)11)2(7,8)4(12,13)14/h3-8H2,1-2H3;. The van der Waals surface area contributed by atoms with Crippen molar-refractivity contribution in [1.29, 1.82) is 0 Å². The minimum Gasteiger partial charge on any atom is -0.381 e. The molecule has 0 atom stereocenters. The summed E-state index contributed by atoms with van der Waals surface area (Å²) in [4.78, 5) is 0. The highest BCUT2D eigenvalue weighted by atomic mass is 19.4. The van der Waals surface area contributed by atoms with Gasteiger partial charge in [0.1, 0.15) is 0 Å². The molecule has 0 unspecified atom stereocenters. The van der Waals surface area contributed by atoms with Crippen molar-refractivity contribution in [3.05, 3.63) is 0 Å². The zero-order chi connectivity index (χ0) is 18.9. The zero-order valence-corrected chi connectivity index (χ0v) is 12.4. The van der Waals surface area contributed by atoms with Crippen LogP contribution in [0, 0.1) is 0 Å². The van der Waals surface area contributed by atoms with E-state index in [9.17, 15) is 43.9 Å². The quantitative estimate of drug-likeness (QED) is 0.397. The van der Waals surface area contributed by atoms with Crippen LogP contribution in [0.15, 0.2) is 0 Å². The van der Waals surface area contributed by atoms with Gasteiger partial charge in [-0.05, 0) is 12.8 Å². The molecule has 0 fully saturated rings. The molecule has 0 spiro atoms. The first kappa shape index (κ1) is 24.5. The van der Waals surface area contributed by atoms with Gasteiger partial charge < -0.3 is 4.74 Å². The van der Waals surface area contributed by atoms with Crippen LogP contribution >= 0.6 is 0 Å². The predicted octanol–water partition coefficient (Wildman–Crippen LogP) is 5.98. The first-order valence-corrected chi connectivity index (χ1v) is 6.63. The third-order valence-electron chi connectivity index (χ3n) is 2.39. The van der Waals surface area contributed by atoms with Crippen molar-refractivity contribution in [2.75, 3.05) is 13.2 Å². The molecule has 0 aromatic rings. The molecule has 0 aliphatic carbocycles. The zero-order valence-electron chi connectivity index (χ0n) is 12.4. The molecule has 11 heteroatoms. The number of alkyl halides is 10. The predicted molar refractivity (Wildman–Crippen MR) is 62.6 cm³/mol. The average molecular weight is 368 g/mol. The van der Waals surface area contributed by atoms with Gasteiger partial charge in [0.05, 0.1) is 0 Å². The third kappa shape index (κ3) is 7.58. The maximum Gasteiger partial charge on any atom is 0.460 e. The Morgan fingerprint density at radius 3 is 1.00 bits per heavy atom. The molecule has 0 saturated heterocycles. The summed E-state index contributed by atoms with van der Waals surface area (Å²) in [5.74, 6) is -14.3. The average Bonchev–Trinajstić information content (AvgIpc) is 2.36. The van der Waals surface area contributed by atoms with Gasteiger partial charge in [-0.1, -0.05) is 26.7 Å². The number of ether oxygens (including phenoxy) is 1. The topological polar surface area (TPSA) is 9.23 Å². The first-order chi connectivity index (χ1) is 10.2. The van der Waals surface area contributed by atoms with Crippen LogP contribution in [0.1, 0.15) is 39.5 Å². The van der Waals surface area contributed by atoms with Crippen molar-refractivity contribution < 1.29 is 48.6 Å². The fourth-order valence-electron chi connectivity index (χ4n) is 0.951. The first-order valence-electron chi connectivity index (χ1n) is 6.63. The molecular formula is C12H18F10O. The fourth-order valence-corrected chi connectivity index (χ4v) is 0.951. The van der Waals surface area contributed by atoms with Crippen molar-refractivity contribution in [1.82, 2.24) is 0 Å². The van der Waals surface area contributed by atoms with Crippen molar-refractivity contribution in [2.45, 2.75) is 63.7 Å². The second-order valence-corrected chi connectivity index (χ2v) is 4.46. The second-order valence-electron chi connectivity index (χ2n) is 4.46. The summed E-state index contributed by atoms with van der Waals surface area (Å²) in [6.07, 6.45) is -9.02. The number of halogens is 10. The Labute approximate surface area is 127 Å². The Hall–Kier alpha value is -0.740. The Morgan fingerprint density at radius 2 is 0.826 bits per heavy atom. The van der Waals surface area contributed by atoms with Gasteiger partial charge in [0, 0.05) is 13.2 Å². The number of rotatable bonds is 7. The highest BCUT2D eigenvalue weighted by Crippen LogP contribution is 2.53. The monoisotopic (exact) mass is 368 g/mol. The van der Waals surface area contributed by atoms with Gasteiger partial charge >= 0.3 is 24.2 Å². The van der Waals surface area contributed by atoms with Crippen LogP contribution in [-0.4, -0.2) is 37.4 Å². The van der Waals surface area contributed by atoms with E-state index < -0.39 is 24.2 Å². The summed E-state index contributed by atoms with van der Waals surface area (Å²) in [5.41, 5.74) is 0. The van der Waals surface area contributed by atoms with E-state index in [-0.39, 0.29) is 0 Å². The molecule has 0 aromatic heterocycles. The SMILES string of the molecule is CCCCOCCCC.FC(F)(F)C(F)(F)C(F)(F)C(F)(F)F. The van der Waals surface area contributed by atoms with Gasteiger partial charge in [0.2, 0.25) is 0 Å². The Morgan fingerprint density at radius 1 is 0.565 bits per heavy atom. The van der Waals surface area contributed by atoms with E-state index in [1.807, 2.05) is 0 Å². The molecule has 0 amide bonds. The maximum atomic E-state index is 11.6. The summed E-state index contributed by atoms with van der Waals surface area (Å²) < 4.78 is 119. The lowest BCUT2D eigenvalue weighted by Gasteiger charge is -2.29. The molecule has 23 heavy (non-hydrogen) atoms. The van der Waals surface area contributed by atoms with E-state index in [1.54, 1.807) is 0 Å². The fraction of sp³-hybridized carbons (Fsp3) is 1.00. The minimum absolute atomic E-state index is 0.955. The molecule has 142 valence electrons. The van der Waals surface area contributed by atoms with Gasteiger partial charge in [-0.25, -0.2) is 0 Å². The summed E-state index contributed by atoms with van der Waals surface area (Å²) in [6.45, 7) is 6.28. The number of unbranched alkanes of at least 4 members (excludes halogenated alkanes) is 2.